The van der Waals surface area contributed by atoms with Gasteiger partial charge in [-0.25, -0.2) is 8.42 Å². The van der Waals surface area contributed by atoms with E-state index in [4.69, 9.17) is 27.0 Å². The maximum Gasteiger partial charge on any atom is 0.262 e. The maximum atomic E-state index is 12.0. The van der Waals surface area contributed by atoms with E-state index in [0.29, 0.717) is 6.61 Å². The van der Waals surface area contributed by atoms with Gasteiger partial charge in [-0.15, -0.1) is 0 Å². The fraction of sp³-hybridized carbons (Fsp3) is 0.364. The summed E-state index contributed by atoms with van der Waals surface area (Å²) in [5.41, 5.74) is 0.0976. The zero-order valence-corrected chi connectivity index (χ0v) is 14.5. The van der Waals surface area contributed by atoms with Crippen molar-refractivity contribution >= 4 is 53.2 Å². The molecule has 1 rings (SSSR count). The van der Waals surface area contributed by atoms with Gasteiger partial charge in [0, 0.05) is 29.4 Å². The first kappa shape index (κ1) is 17.7. The van der Waals surface area contributed by atoms with Crippen LogP contribution >= 0.6 is 38.2 Å². The van der Waals surface area contributed by atoms with Crippen LogP contribution in [0.2, 0.25) is 5.02 Å². The minimum atomic E-state index is -4.01. The molecule has 112 valence electrons. The Morgan fingerprint density at radius 3 is 2.60 bits per heavy atom. The molecule has 0 saturated heterocycles. The Kier molecular flexibility index (Phi) is 6.27. The Labute approximate surface area is 135 Å². The Hall–Kier alpha value is -0.340. The normalized spacial score (nSPS) is 13.1. The molecule has 0 heterocycles. The highest BCUT2D eigenvalue weighted by Crippen LogP contribution is 2.33. The van der Waals surface area contributed by atoms with Crippen molar-refractivity contribution in [1.29, 1.82) is 0 Å². The van der Waals surface area contributed by atoms with Gasteiger partial charge < -0.3 is 10.1 Å². The minimum absolute atomic E-state index is 0.0799. The number of hydrogen-bond acceptors (Lipinski definition) is 4. The Bertz CT molecular complexity index is 621. The minimum Gasteiger partial charge on any atom is -0.383 e. The van der Waals surface area contributed by atoms with Crippen molar-refractivity contribution in [3.05, 3.63) is 27.2 Å². The molecule has 0 fully saturated rings. The molecule has 0 aliphatic rings. The zero-order valence-electron chi connectivity index (χ0n) is 10.6. The van der Waals surface area contributed by atoms with Gasteiger partial charge in [0.05, 0.1) is 21.0 Å². The summed E-state index contributed by atoms with van der Waals surface area (Å²) in [5, 5.41) is 2.73. The van der Waals surface area contributed by atoms with Crippen LogP contribution in [0, 0.1) is 0 Å². The van der Waals surface area contributed by atoms with Gasteiger partial charge in [0.25, 0.3) is 15.0 Å². The monoisotopic (exact) mass is 403 g/mol. The van der Waals surface area contributed by atoms with Crippen LogP contribution in [0.15, 0.2) is 21.5 Å². The summed E-state index contributed by atoms with van der Waals surface area (Å²) in [4.78, 5) is 11.7. The fourth-order valence-corrected chi connectivity index (χ4v) is 3.85. The molecule has 9 heteroatoms. The Morgan fingerprint density at radius 2 is 2.10 bits per heavy atom. The first-order valence-electron chi connectivity index (χ1n) is 5.40. The summed E-state index contributed by atoms with van der Waals surface area (Å²) in [6.45, 7) is 2.08. The predicted molar refractivity (Wildman–Crippen MR) is 81.0 cm³/mol. The lowest BCUT2D eigenvalue weighted by Crippen LogP contribution is -2.35. The number of benzene rings is 1. The van der Waals surface area contributed by atoms with Crippen LogP contribution in [0.4, 0.5) is 0 Å². The van der Waals surface area contributed by atoms with E-state index >= 15 is 0 Å². The average molecular weight is 405 g/mol. The van der Waals surface area contributed by atoms with E-state index in [-0.39, 0.29) is 26.0 Å². The first-order valence-corrected chi connectivity index (χ1v) is 8.88. The third kappa shape index (κ3) is 4.60. The van der Waals surface area contributed by atoms with Crippen LogP contribution in [0.25, 0.3) is 0 Å². The second kappa shape index (κ2) is 7.09. The molecule has 0 aliphatic heterocycles. The second-order valence-electron chi connectivity index (χ2n) is 4.04. The van der Waals surface area contributed by atoms with Crippen molar-refractivity contribution in [2.75, 3.05) is 13.7 Å². The number of methoxy groups -OCH3 is 1. The molecule has 1 aromatic rings. The van der Waals surface area contributed by atoms with Gasteiger partial charge in [-0.2, -0.15) is 0 Å². The van der Waals surface area contributed by atoms with Crippen LogP contribution in [0.5, 0.6) is 0 Å². The molecule has 0 aliphatic carbocycles. The lowest BCUT2D eigenvalue weighted by atomic mass is 10.2. The van der Waals surface area contributed by atoms with Gasteiger partial charge in [0.1, 0.15) is 0 Å². The third-order valence-corrected chi connectivity index (χ3v) is 5.30. The fourth-order valence-electron chi connectivity index (χ4n) is 1.47. The summed E-state index contributed by atoms with van der Waals surface area (Å²) in [6.07, 6.45) is 0. The van der Waals surface area contributed by atoms with Gasteiger partial charge in [-0.1, -0.05) is 11.6 Å². The van der Waals surface area contributed by atoms with E-state index in [1.807, 2.05) is 0 Å². The molecule has 1 unspecified atom stereocenters. The number of carbonyl (C=O) groups excluding carboxylic acids is 1. The van der Waals surface area contributed by atoms with Crippen molar-refractivity contribution < 1.29 is 17.9 Å². The van der Waals surface area contributed by atoms with Crippen molar-refractivity contribution in [3.8, 4) is 0 Å². The van der Waals surface area contributed by atoms with Crippen molar-refractivity contribution in [1.82, 2.24) is 5.32 Å². The van der Waals surface area contributed by atoms with E-state index in [1.165, 1.54) is 13.2 Å². The summed E-state index contributed by atoms with van der Waals surface area (Å²) in [5.74, 6) is -0.467. The topological polar surface area (TPSA) is 72.5 Å². The van der Waals surface area contributed by atoms with Gasteiger partial charge in [0.2, 0.25) is 0 Å². The molecule has 0 bridgehead atoms. The van der Waals surface area contributed by atoms with Gasteiger partial charge in [0.15, 0.2) is 0 Å². The second-order valence-corrected chi connectivity index (χ2v) is 7.77. The van der Waals surface area contributed by atoms with Crippen molar-refractivity contribution in [2.24, 2.45) is 0 Å². The Morgan fingerprint density at radius 1 is 1.50 bits per heavy atom. The van der Waals surface area contributed by atoms with Gasteiger partial charge in [-0.3, -0.25) is 4.79 Å². The molecular weight excluding hydrogens is 393 g/mol. The quantitative estimate of drug-likeness (QED) is 0.765. The number of amides is 1. The highest BCUT2D eigenvalue weighted by molar-refractivity contribution is 9.10. The van der Waals surface area contributed by atoms with E-state index in [9.17, 15) is 13.2 Å². The average Bonchev–Trinajstić information content (AvgIpc) is 2.30. The molecule has 1 aromatic carbocycles. The lowest BCUT2D eigenvalue weighted by molar-refractivity contribution is 0.0905. The molecule has 1 atom stereocenters. The van der Waals surface area contributed by atoms with E-state index in [1.54, 1.807) is 6.92 Å². The van der Waals surface area contributed by atoms with Crippen molar-refractivity contribution in [2.45, 2.75) is 17.9 Å². The summed E-state index contributed by atoms with van der Waals surface area (Å²) < 4.78 is 27.9. The van der Waals surface area contributed by atoms with Crippen LogP contribution in [-0.4, -0.2) is 34.1 Å². The smallest absolute Gasteiger partial charge is 0.262 e. The Balaban J connectivity index is 3.15. The highest BCUT2D eigenvalue weighted by atomic mass is 79.9. The van der Waals surface area contributed by atoms with Crippen LogP contribution in [0.3, 0.4) is 0 Å². The van der Waals surface area contributed by atoms with Gasteiger partial charge in [-0.05, 0) is 35.0 Å². The standard InChI is InChI=1S/C11H12BrCl2NO4S/c1-6(5-19-2)15-11(16)7-3-8(13)10(12)9(4-7)20(14,17)18/h3-4,6H,5H2,1-2H3,(H,15,16). The molecular formula is C11H12BrCl2NO4S. The maximum absolute atomic E-state index is 12.0. The molecule has 0 radical (unpaired) electrons. The molecule has 5 nitrogen and oxygen atoms in total. The molecule has 1 N–H and O–H groups in total. The van der Waals surface area contributed by atoms with Crippen LogP contribution in [-0.2, 0) is 13.8 Å². The number of ether oxygens (including phenoxy) is 1. The number of carbonyl (C=O) groups is 1. The largest absolute Gasteiger partial charge is 0.383 e. The van der Waals surface area contributed by atoms with Crippen molar-refractivity contribution in [3.63, 3.8) is 0 Å². The molecule has 20 heavy (non-hydrogen) atoms. The van der Waals surface area contributed by atoms with E-state index in [2.05, 4.69) is 21.2 Å². The number of rotatable bonds is 5. The summed E-state index contributed by atoms with van der Waals surface area (Å²) in [6, 6.07) is 2.28. The highest BCUT2D eigenvalue weighted by Gasteiger charge is 2.21. The number of halogens is 3. The zero-order chi connectivity index (χ0) is 15.5. The molecule has 1 amide bonds. The van der Waals surface area contributed by atoms with E-state index in [0.717, 1.165) is 6.07 Å². The number of hydrogen-bond donors (Lipinski definition) is 1. The molecule has 0 saturated carbocycles. The summed E-state index contributed by atoms with van der Waals surface area (Å²) >= 11 is 8.92. The van der Waals surface area contributed by atoms with Crippen LogP contribution < -0.4 is 5.32 Å². The first-order chi connectivity index (χ1) is 9.16. The van der Waals surface area contributed by atoms with Crippen LogP contribution in [0.1, 0.15) is 17.3 Å². The lowest BCUT2D eigenvalue weighted by Gasteiger charge is -2.13. The third-order valence-electron chi connectivity index (χ3n) is 2.31. The number of nitrogens with one attached hydrogen (secondary N) is 1. The van der Waals surface area contributed by atoms with E-state index < -0.39 is 15.0 Å². The molecule has 0 aromatic heterocycles. The SMILES string of the molecule is COCC(C)NC(=O)c1cc(Cl)c(Br)c(S(=O)(=O)Cl)c1. The predicted octanol–water partition coefficient (Wildman–Crippen LogP) is 2.79. The van der Waals surface area contributed by atoms with Gasteiger partial charge >= 0.3 is 0 Å². The molecule has 0 spiro atoms. The summed E-state index contributed by atoms with van der Waals surface area (Å²) in [7, 11) is 2.80.